The molecule has 0 radical (unpaired) electrons. The van der Waals surface area contributed by atoms with Crippen molar-refractivity contribution in [1.82, 2.24) is 4.98 Å². The van der Waals surface area contributed by atoms with Crippen LogP contribution in [-0.2, 0) is 0 Å². The Balaban J connectivity index is 2.12. The Morgan fingerprint density at radius 1 is 1.41 bits per heavy atom. The molecular weight excluding hydrogens is 343 g/mol. The van der Waals surface area contributed by atoms with Gasteiger partial charge in [-0.1, -0.05) is 23.2 Å². The van der Waals surface area contributed by atoms with Crippen molar-refractivity contribution >= 4 is 56.2 Å². The highest BCUT2D eigenvalue weighted by Crippen LogP contribution is 2.30. The van der Waals surface area contributed by atoms with Crippen molar-refractivity contribution in [2.24, 2.45) is 0 Å². The SMILES string of the molecule is CC(Nc1cnc(Cl)c(Br)c1)c1ccc(Cl)s1. The number of hydrogen-bond acceptors (Lipinski definition) is 3. The number of nitrogens with one attached hydrogen (secondary N) is 1. The van der Waals surface area contributed by atoms with Gasteiger partial charge in [-0.25, -0.2) is 4.98 Å². The number of thiophene rings is 1. The first-order valence-electron chi connectivity index (χ1n) is 4.89. The molecule has 90 valence electrons. The minimum absolute atomic E-state index is 0.183. The number of halogens is 3. The maximum Gasteiger partial charge on any atom is 0.143 e. The minimum Gasteiger partial charge on any atom is -0.376 e. The van der Waals surface area contributed by atoms with E-state index in [-0.39, 0.29) is 6.04 Å². The fraction of sp³-hybridized carbons (Fsp3) is 0.182. The van der Waals surface area contributed by atoms with Crippen LogP contribution >= 0.6 is 50.5 Å². The summed E-state index contributed by atoms with van der Waals surface area (Å²) in [6, 6.07) is 6.00. The van der Waals surface area contributed by atoms with E-state index in [2.05, 4.69) is 33.2 Å². The molecule has 17 heavy (non-hydrogen) atoms. The van der Waals surface area contributed by atoms with Gasteiger partial charge in [0.15, 0.2) is 0 Å². The maximum atomic E-state index is 5.91. The van der Waals surface area contributed by atoms with E-state index in [1.807, 2.05) is 18.2 Å². The van der Waals surface area contributed by atoms with Gasteiger partial charge in [0.1, 0.15) is 5.15 Å². The third-order valence-electron chi connectivity index (χ3n) is 2.20. The molecular formula is C11H9BrCl2N2S. The van der Waals surface area contributed by atoms with Crippen molar-refractivity contribution in [2.75, 3.05) is 5.32 Å². The van der Waals surface area contributed by atoms with E-state index < -0.39 is 0 Å². The van der Waals surface area contributed by atoms with Gasteiger partial charge in [0.2, 0.25) is 0 Å². The first-order chi connectivity index (χ1) is 8.06. The number of aromatic nitrogens is 1. The zero-order chi connectivity index (χ0) is 12.4. The molecule has 1 atom stereocenters. The van der Waals surface area contributed by atoms with E-state index in [4.69, 9.17) is 23.2 Å². The Hall–Kier alpha value is -0.290. The topological polar surface area (TPSA) is 24.9 Å². The molecule has 0 aromatic carbocycles. The normalized spacial score (nSPS) is 12.5. The molecule has 0 amide bonds. The number of nitrogens with zero attached hydrogens (tertiary/aromatic N) is 1. The average Bonchev–Trinajstić information content (AvgIpc) is 2.70. The Bertz CT molecular complexity index is 530. The molecule has 0 spiro atoms. The molecule has 0 bridgehead atoms. The fourth-order valence-corrected chi connectivity index (χ4v) is 2.90. The van der Waals surface area contributed by atoms with Crippen LogP contribution in [0, 0.1) is 0 Å². The molecule has 0 aliphatic heterocycles. The van der Waals surface area contributed by atoms with Crippen LogP contribution in [-0.4, -0.2) is 4.98 Å². The van der Waals surface area contributed by atoms with Crippen LogP contribution in [0.5, 0.6) is 0 Å². The second-order valence-electron chi connectivity index (χ2n) is 3.50. The van der Waals surface area contributed by atoms with Gasteiger partial charge in [-0.15, -0.1) is 11.3 Å². The Morgan fingerprint density at radius 2 is 2.18 bits per heavy atom. The molecule has 2 aromatic heterocycles. The third-order valence-corrected chi connectivity index (χ3v) is 4.75. The van der Waals surface area contributed by atoms with Gasteiger partial charge in [-0.2, -0.15) is 0 Å². The zero-order valence-corrected chi connectivity index (χ0v) is 12.8. The van der Waals surface area contributed by atoms with Crippen LogP contribution in [0.1, 0.15) is 17.8 Å². The lowest BCUT2D eigenvalue weighted by Crippen LogP contribution is -2.05. The van der Waals surface area contributed by atoms with Gasteiger partial charge in [0, 0.05) is 4.88 Å². The zero-order valence-electron chi connectivity index (χ0n) is 8.88. The molecule has 0 fully saturated rings. The van der Waals surface area contributed by atoms with Crippen LogP contribution in [0.4, 0.5) is 5.69 Å². The van der Waals surface area contributed by atoms with E-state index in [1.54, 1.807) is 17.5 Å². The van der Waals surface area contributed by atoms with E-state index in [0.717, 1.165) is 14.5 Å². The van der Waals surface area contributed by atoms with Gasteiger partial charge >= 0.3 is 0 Å². The second-order valence-corrected chi connectivity index (χ2v) is 6.46. The first-order valence-corrected chi connectivity index (χ1v) is 7.25. The first kappa shape index (κ1) is 13.1. The van der Waals surface area contributed by atoms with Crippen molar-refractivity contribution in [3.63, 3.8) is 0 Å². The predicted molar refractivity (Wildman–Crippen MR) is 78.3 cm³/mol. The van der Waals surface area contributed by atoms with Crippen LogP contribution < -0.4 is 5.32 Å². The molecule has 2 aromatic rings. The van der Waals surface area contributed by atoms with E-state index in [1.165, 1.54) is 4.88 Å². The van der Waals surface area contributed by atoms with E-state index in [0.29, 0.717) is 5.15 Å². The molecule has 1 N–H and O–H groups in total. The lowest BCUT2D eigenvalue weighted by atomic mass is 10.2. The molecule has 2 nitrogen and oxygen atoms in total. The Kier molecular flexibility index (Phi) is 4.31. The molecule has 1 unspecified atom stereocenters. The molecule has 2 rings (SSSR count). The van der Waals surface area contributed by atoms with Crippen LogP contribution in [0.15, 0.2) is 28.9 Å². The maximum absolute atomic E-state index is 5.91. The highest BCUT2D eigenvalue weighted by atomic mass is 79.9. The summed E-state index contributed by atoms with van der Waals surface area (Å²) in [5, 5.41) is 3.80. The summed E-state index contributed by atoms with van der Waals surface area (Å²) in [6.45, 7) is 2.07. The molecule has 0 aliphatic rings. The van der Waals surface area contributed by atoms with Crippen LogP contribution in [0.2, 0.25) is 9.49 Å². The van der Waals surface area contributed by atoms with Gasteiger partial charge in [0.05, 0.1) is 26.7 Å². The smallest absolute Gasteiger partial charge is 0.143 e. The molecule has 2 heterocycles. The fourth-order valence-electron chi connectivity index (χ4n) is 1.38. The summed E-state index contributed by atoms with van der Waals surface area (Å²) >= 11 is 16.7. The molecule has 0 saturated carbocycles. The van der Waals surface area contributed by atoms with Gasteiger partial charge < -0.3 is 5.32 Å². The molecule has 6 heteroatoms. The molecule has 0 saturated heterocycles. The largest absolute Gasteiger partial charge is 0.376 e. The summed E-state index contributed by atoms with van der Waals surface area (Å²) in [6.07, 6.45) is 1.71. The van der Waals surface area contributed by atoms with Crippen LogP contribution in [0.25, 0.3) is 0 Å². The van der Waals surface area contributed by atoms with Crippen LogP contribution in [0.3, 0.4) is 0 Å². The van der Waals surface area contributed by atoms with Crippen molar-refractivity contribution in [1.29, 1.82) is 0 Å². The number of rotatable bonds is 3. The van der Waals surface area contributed by atoms with Gasteiger partial charge in [-0.05, 0) is 41.1 Å². The summed E-state index contributed by atoms with van der Waals surface area (Å²) in [5.74, 6) is 0. The summed E-state index contributed by atoms with van der Waals surface area (Å²) in [7, 11) is 0. The Morgan fingerprint density at radius 3 is 2.76 bits per heavy atom. The summed E-state index contributed by atoms with van der Waals surface area (Å²) in [4.78, 5) is 5.25. The lowest BCUT2D eigenvalue weighted by molar-refractivity contribution is 0.905. The van der Waals surface area contributed by atoms with Gasteiger partial charge in [-0.3, -0.25) is 0 Å². The Labute approximate surface area is 122 Å². The predicted octanol–water partition coefficient (Wildman–Crippen LogP) is 5.39. The van der Waals surface area contributed by atoms with Gasteiger partial charge in [0.25, 0.3) is 0 Å². The highest BCUT2D eigenvalue weighted by Gasteiger charge is 2.09. The van der Waals surface area contributed by atoms with E-state index in [9.17, 15) is 0 Å². The number of anilines is 1. The highest BCUT2D eigenvalue weighted by molar-refractivity contribution is 9.10. The second kappa shape index (κ2) is 5.57. The lowest BCUT2D eigenvalue weighted by Gasteiger charge is -2.13. The monoisotopic (exact) mass is 350 g/mol. The third kappa shape index (κ3) is 3.35. The average molecular weight is 352 g/mol. The minimum atomic E-state index is 0.183. The van der Waals surface area contributed by atoms with Crippen molar-refractivity contribution < 1.29 is 0 Å². The van der Waals surface area contributed by atoms with Crippen molar-refractivity contribution in [2.45, 2.75) is 13.0 Å². The quantitative estimate of drug-likeness (QED) is 0.750. The number of pyridine rings is 1. The van der Waals surface area contributed by atoms with Crippen molar-refractivity contribution in [3.05, 3.63) is 43.2 Å². The number of hydrogen-bond donors (Lipinski definition) is 1. The summed E-state index contributed by atoms with van der Waals surface area (Å²) in [5.41, 5.74) is 0.915. The standard InChI is InChI=1S/C11H9BrCl2N2S/c1-6(9-2-3-10(13)17-9)16-7-4-8(12)11(14)15-5-7/h2-6,16H,1H3. The molecule has 0 aliphatic carbocycles. The van der Waals surface area contributed by atoms with E-state index >= 15 is 0 Å². The summed E-state index contributed by atoms with van der Waals surface area (Å²) < 4.78 is 1.57. The van der Waals surface area contributed by atoms with Crippen molar-refractivity contribution in [3.8, 4) is 0 Å².